The minimum Gasteiger partial charge on any atom is -0.387 e. The summed E-state index contributed by atoms with van der Waals surface area (Å²) in [4.78, 5) is 30.2. The molecule has 28 heavy (non-hydrogen) atoms. The lowest BCUT2D eigenvalue weighted by Gasteiger charge is -2.16. The highest BCUT2D eigenvalue weighted by molar-refractivity contribution is 7.13. The number of ether oxygens (including phenoxy) is 1. The van der Waals surface area contributed by atoms with E-state index < -0.39 is 30.4 Å². The summed E-state index contributed by atoms with van der Waals surface area (Å²) in [5, 5.41) is 26.3. The van der Waals surface area contributed by atoms with E-state index >= 15 is 0 Å². The Morgan fingerprint density at radius 1 is 1.36 bits per heavy atom. The smallest absolute Gasteiger partial charge is 0.252 e. The fourth-order valence-electron chi connectivity index (χ4n) is 3.09. The Morgan fingerprint density at radius 3 is 2.86 bits per heavy atom. The van der Waals surface area contributed by atoms with Gasteiger partial charge in [-0.1, -0.05) is 0 Å². The molecular weight excluding hydrogens is 386 g/mol. The van der Waals surface area contributed by atoms with Crippen LogP contribution < -0.4 is 10.6 Å². The molecule has 0 radical (unpaired) electrons. The number of hydrogen-bond acceptors (Lipinski definition) is 10. The van der Waals surface area contributed by atoms with Crippen LogP contribution in [0.2, 0.25) is 0 Å². The van der Waals surface area contributed by atoms with Crippen molar-refractivity contribution in [1.29, 1.82) is 0 Å². The van der Waals surface area contributed by atoms with Gasteiger partial charge in [0.05, 0.1) is 16.7 Å². The van der Waals surface area contributed by atoms with Crippen LogP contribution in [-0.2, 0) is 9.53 Å². The van der Waals surface area contributed by atoms with Gasteiger partial charge in [-0.2, -0.15) is 0 Å². The van der Waals surface area contributed by atoms with Crippen molar-refractivity contribution in [2.24, 2.45) is 0 Å². The Kier molecular flexibility index (Phi) is 4.93. The van der Waals surface area contributed by atoms with E-state index in [9.17, 15) is 15.0 Å². The van der Waals surface area contributed by atoms with E-state index in [0.717, 1.165) is 4.88 Å². The van der Waals surface area contributed by atoms with Crippen LogP contribution in [0.5, 0.6) is 0 Å². The molecule has 4 rings (SSSR count). The number of anilines is 1. The van der Waals surface area contributed by atoms with E-state index in [0.29, 0.717) is 29.4 Å². The van der Waals surface area contributed by atoms with Crippen molar-refractivity contribution in [3.05, 3.63) is 18.0 Å². The zero-order valence-corrected chi connectivity index (χ0v) is 15.9. The molecule has 12 heteroatoms. The van der Waals surface area contributed by atoms with Gasteiger partial charge in [0.25, 0.3) is 5.91 Å². The number of likely N-dealkylation sites (N-methyl/N-ethyl adjacent to an activating group) is 1. The average Bonchev–Trinajstić information content (AvgIpc) is 3.42. The van der Waals surface area contributed by atoms with Crippen molar-refractivity contribution >= 4 is 34.2 Å². The normalized spacial score (nSPS) is 24.6. The van der Waals surface area contributed by atoms with Gasteiger partial charge in [0.2, 0.25) is 0 Å². The molecule has 0 aromatic carbocycles. The van der Waals surface area contributed by atoms with Crippen LogP contribution in [0.3, 0.4) is 0 Å². The van der Waals surface area contributed by atoms with Gasteiger partial charge in [-0.3, -0.25) is 14.3 Å². The van der Waals surface area contributed by atoms with Gasteiger partial charge < -0.3 is 25.6 Å². The number of aliphatic hydroxyl groups is 2. The number of amides is 1. The molecule has 3 aromatic rings. The van der Waals surface area contributed by atoms with E-state index in [1.54, 1.807) is 25.7 Å². The van der Waals surface area contributed by atoms with Crippen molar-refractivity contribution < 1.29 is 19.7 Å². The van der Waals surface area contributed by atoms with Gasteiger partial charge in [0, 0.05) is 19.8 Å². The van der Waals surface area contributed by atoms with Crippen LogP contribution in [0.1, 0.15) is 13.2 Å². The Bertz CT molecular complexity index is 992. The Hall–Kier alpha value is -2.67. The van der Waals surface area contributed by atoms with E-state index in [-0.39, 0.29) is 0 Å². The van der Waals surface area contributed by atoms with E-state index in [1.165, 1.54) is 22.2 Å². The van der Waals surface area contributed by atoms with Crippen LogP contribution in [0.25, 0.3) is 21.9 Å². The number of nitrogens with zero attached hydrogens (tertiary/aromatic N) is 5. The molecule has 4 atom stereocenters. The third kappa shape index (κ3) is 2.99. The monoisotopic (exact) mass is 405 g/mol. The second kappa shape index (κ2) is 7.39. The number of aromatic nitrogens is 5. The van der Waals surface area contributed by atoms with Crippen molar-refractivity contribution in [1.82, 2.24) is 29.8 Å². The molecule has 1 amide bonds. The maximum absolute atomic E-state index is 12.1. The summed E-state index contributed by atoms with van der Waals surface area (Å²) < 4.78 is 7.17. The molecule has 1 saturated heterocycles. The van der Waals surface area contributed by atoms with Gasteiger partial charge in [0.15, 0.2) is 35.1 Å². The van der Waals surface area contributed by atoms with Gasteiger partial charge in [-0.25, -0.2) is 15.0 Å². The first-order valence-corrected chi connectivity index (χ1v) is 9.53. The Labute approximate surface area is 163 Å². The lowest BCUT2D eigenvalue weighted by Crippen LogP contribution is -2.42. The fraction of sp³-hybridized carbons (Fsp3) is 0.438. The largest absolute Gasteiger partial charge is 0.387 e. The van der Waals surface area contributed by atoms with Gasteiger partial charge >= 0.3 is 0 Å². The molecule has 0 aliphatic carbocycles. The van der Waals surface area contributed by atoms with E-state index in [4.69, 9.17) is 4.74 Å². The standard InChI is InChI=1S/C16H19N7O4S/c1-3-19-15(26)11-9(24)10(25)16(27-11)23-5-20-8-13(17-2)21-12(22-14(8)23)7-4-18-6-28-7/h4-6,9-11,16,24-25H,3H2,1-2H3,(H,19,26)(H,17,21,22)/t9?,10?,11-,16?/m1/s1. The number of aliphatic hydroxyl groups excluding tert-OH is 2. The summed E-state index contributed by atoms with van der Waals surface area (Å²) >= 11 is 1.39. The summed E-state index contributed by atoms with van der Waals surface area (Å²) in [6.45, 7) is 2.14. The second-order valence-electron chi connectivity index (χ2n) is 6.16. The fourth-order valence-corrected chi connectivity index (χ4v) is 3.65. The number of thiazole rings is 1. The summed E-state index contributed by atoms with van der Waals surface area (Å²) in [6, 6.07) is 0. The first-order chi connectivity index (χ1) is 13.5. The SMILES string of the molecule is CCNC(=O)[C@@H]1OC(n2cnc3c(NC)nc(-c4cncs4)nc32)C(O)C1O. The molecule has 11 nitrogen and oxygen atoms in total. The van der Waals surface area contributed by atoms with Crippen molar-refractivity contribution in [2.75, 3.05) is 18.9 Å². The number of carbonyl (C=O) groups excluding carboxylic acids is 1. The molecule has 1 fully saturated rings. The lowest BCUT2D eigenvalue weighted by molar-refractivity contribution is -0.137. The van der Waals surface area contributed by atoms with Crippen LogP contribution in [0, 0.1) is 0 Å². The molecule has 3 aromatic heterocycles. The topological polar surface area (TPSA) is 147 Å². The number of rotatable bonds is 5. The van der Waals surface area contributed by atoms with Crippen LogP contribution in [-0.4, -0.2) is 72.5 Å². The predicted octanol–water partition coefficient (Wildman–Crippen LogP) is -0.253. The zero-order chi connectivity index (χ0) is 19.8. The minimum absolute atomic E-state index is 0.386. The van der Waals surface area contributed by atoms with Gasteiger partial charge in [-0.15, -0.1) is 11.3 Å². The molecule has 4 N–H and O–H groups in total. The quantitative estimate of drug-likeness (QED) is 0.451. The third-order valence-electron chi connectivity index (χ3n) is 4.43. The molecule has 0 spiro atoms. The van der Waals surface area contributed by atoms with E-state index in [1.807, 2.05) is 0 Å². The van der Waals surface area contributed by atoms with Gasteiger partial charge in [0.1, 0.15) is 12.2 Å². The third-order valence-corrected chi connectivity index (χ3v) is 5.20. The number of hydrogen-bond donors (Lipinski definition) is 4. The summed E-state index contributed by atoms with van der Waals surface area (Å²) in [5.41, 5.74) is 2.55. The Balaban J connectivity index is 1.77. The summed E-state index contributed by atoms with van der Waals surface area (Å²) in [7, 11) is 1.72. The summed E-state index contributed by atoms with van der Waals surface area (Å²) in [6.07, 6.45) is -1.82. The van der Waals surface area contributed by atoms with Gasteiger partial charge in [-0.05, 0) is 6.92 Å². The minimum atomic E-state index is -1.37. The lowest BCUT2D eigenvalue weighted by atomic mass is 10.1. The number of fused-ring (bicyclic) bond motifs is 1. The molecule has 148 valence electrons. The maximum Gasteiger partial charge on any atom is 0.252 e. The van der Waals surface area contributed by atoms with Crippen LogP contribution >= 0.6 is 11.3 Å². The Morgan fingerprint density at radius 2 is 2.18 bits per heavy atom. The molecule has 0 saturated carbocycles. The van der Waals surface area contributed by atoms with E-state index in [2.05, 4.69) is 30.6 Å². The molecule has 4 heterocycles. The molecular formula is C16H19N7O4S. The second-order valence-corrected chi connectivity index (χ2v) is 7.04. The molecule has 1 aliphatic rings. The maximum atomic E-state index is 12.1. The van der Waals surface area contributed by atoms with Crippen molar-refractivity contribution in [3.8, 4) is 10.7 Å². The first kappa shape index (κ1) is 18.7. The summed E-state index contributed by atoms with van der Waals surface area (Å²) in [5.74, 6) is 0.451. The molecule has 1 aliphatic heterocycles. The number of nitrogens with one attached hydrogen (secondary N) is 2. The zero-order valence-electron chi connectivity index (χ0n) is 15.1. The van der Waals surface area contributed by atoms with Crippen LogP contribution in [0.4, 0.5) is 5.82 Å². The highest BCUT2D eigenvalue weighted by Crippen LogP contribution is 2.33. The number of imidazole rings is 1. The highest BCUT2D eigenvalue weighted by Gasteiger charge is 2.47. The van der Waals surface area contributed by atoms with Crippen LogP contribution in [0.15, 0.2) is 18.0 Å². The average molecular weight is 405 g/mol. The molecule has 0 bridgehead atoms. The molecule has 3 unspecified atom stereocenters. The predicted molar refractivity (Wildman–Crippen MR) is 101 cm³/mol. The highest BCUT2D eigenvalue weighted by atomic mass is 32.1. The first-order valence-electron chi connectivity index (χ1n) is 8.65. The van der Waals surface area contributed by atoms with Crippen molar-refractivity contribution in [2.45, 2.75) is 31.5 Å². The number of carbonyl (C=O) groups is 1. The van der Waals surface area contributed by atoms with Crippen molar-refractivity contribution in [3.63, 3.8) is 0 Å².